The van der Waals surface area contributed by atoms with E-state index in [9.17, 15) is 9.50 Å². The van der Waals surface area contributed by atoms with Crippen LogP contribution in [-0.2, 0) is 6.42 Å². The number of rotatable bonds is 2. The largest absolute Gasteiger partial charge is 0.389 e. The minimum absolute atomic E-state index is 0.177. The zero-order valence-corrected chi connectivity index (χ0v) is 10.5. The van der Waals surface area contributed by atoms with Gasteiger partial charge in [-0.15, -0.1) is 0 Å². The number of allylic oxidation sites excluding steroid dienone is 1. The Balaban J connectivity index is 2.17. The Morgan fingerprint density at radius 1 is 1.44 bits per heavy atom. The van der Waals surface area contributed by atoms with Gasteiger partial charge in [-0.25, -0.2) is 4.39 Å². The van der Waals surface area contributed by atoms with Crippen LogP contribution in [0, 0.1) is 5.82 Å². The lowest BCUT2D eigenvalue weighted by Crippen LogP contribution is -2.10. The fourth-order valence-electron chi connectivity index (χ4n) is 2.05. The number of benzene rings is 1. The minimum Gasteiger partial charge on any atom is -0.389 e. The van der Waals surface area contributed by atoms with Crippen LogP contribution in [0.4, 0.5) is 4.39 Å². The van der Waals surface area contributed by atoms with Gasteiger partial charge in [0.25, 0.3) is 0 Å². The average Bonchev–Trinajstić information content (AvgIpc) is 2.24. The van der Waals surface area contributed by atoms with Crippen molar-refractivity contribution in [1.82, 2.24) is 0 Å². The Labute approximate surface area is 103 Å². The van der Waals surface area contributed by atoms with Crippen LogP contribution < -0.4 is 0 Å². The fraction of sp³-hybridized carbons (Fsp3) is 0.385. The summed E-state index contributed by atoms with van der Waals surface area (Å²) in [5.41, 5.74) is 1.82. The molecule has 0 spiro atoms. The Hall–Kier alpha value is -0.670. The van der Waals surface area contributed by atoms with Gasteiger partial charge in [0, 0.05) is 4.47 Å². The molecule has 0 saturated carbocycles. The van der Waals surface area contributed by atoms with Crippen molar-refractivity contribution in [3.8, 4) is 0 Å². The van der Waals surface area contributed by atoms with Crippen LogP contribution in [0.15, 0.2) is 34.3 Å². The van der Waals surface area contributed by atoms with Crippen molar-refractivity contribution in [1.29, 1.82) is 0 Å². The highest BCUT2D eigenvalue weighted by Crippen LogP contribution is 2.24. The van der Waals surface area contributed by atoms with Gasteiger partial charge in [-0.3, -0.25) is 0 Å². The number of hydrogen-bond donors (Lipinski definition) is 1. The quantitative estimate of drug-likeness (QED) is 0.823. The molecule has 0 radical (unpaired) electrons. The summed E-state index contributed by atoms with van der Waals surface area (Å²) in [4.78, 5) is 0. The summed E-state index contributed by atoms with van der Waals surface area (Å²) < 4.78 is 14.4. The van der Waals surface area contributed by atoms with Crippen molar-refractivity contribution in [2.24, 2.45) is 0 Å². The first-order valence-electron chi connectivity index (χ1n) is 5.47. The average molecular weight is 285 g/mol. The summed E-state index contributed by atoms with van der Waals surface area (Å²) in [5.74, 6) is -0.177. The maximum atomic E-state index is 13.5. The Morgan fingerprint density at radius 3 is 3.00 bits per heavy atom. The summed E-state index contributed by atoms with van der Waals surface area (Å²) in [6.45, 7) is 0. The number of halogens is 2. The van der Waals surface area contributed by atoms with Gasteiger partial charge in [-0.05, 0) is 49.4 Å². The van der Waals surface area contributed by atoms with E-state index in [1.807, 2.05) is 6.08 Å². The lowest BCUT2D eigenvalue weighted by molar-refractivity contribution is 0.202. The van der Waals surface area contributed by atoms with Gasteiger partial charge in [0.2, 0.25) is 0 Å². The molecule has 1 aliphatic rings. The SMILES string of the molecule is OC1C=C(Cc2cc(Br)ccc2F)CCC1. The lowest BCUT2D eigenvalue weighted by atomic mass is 9.92. The van der Waals surface area contributed by atoms with Crippen LogP contribution in [0.1, 0.15) is 24.8 Å². The van der Waals surface area contributed by atoms with Crippen molar-refractivity contribution < 1.29 is 9.50 Å². The molecule has 0 saturated heterocycles. The molecule has 0 fully saturated rings. The third-order valence-electron chi connectivity index (χ3n) is 2.85. The monoisotopic (exact) mass is 284 g/mol. The van der Waals surface area contributed by atoms with Crippen LogP contribution in [-0.4, -0.2) is 11.2 Å². The van der Waals surface area contributed by atoms with Crippen LogP contribution in [0.25, 0.3) is 0 Å². The molecule has 1 aromatic carbocycles. The van der Waals surface area contributed by atoms with Crippen molar-refractivity contribution in [3.63, 3.8) is 0 Å². The minimum atomic E-state index is -0.348. The zero-order chi connectivity index (χ0) is 11.5. The first-order chi connectivity index (χ1) is 7.65. The molecule has 0 bridgehead atoms. The van der Waals surface area contributed by atoms with E-state index >= 15 is 0 Å². The van der Waals surface area contributed by atoms with Gasteiger partial charge in [0.05, 0.1) is 6.10 Å². The van der Waals surface area contributed by atoms with Gasteiger partial charge in [-0.2, -0.15) is 0 Å². The molecule has 0 heterocycles. The number of aliphatic hydroxyl groups is 1. The molecule has 2 rings (SSSR count). The molecule has 1 aliphatic carbocycles. The zero-order valence-electron chi connectivity index (χ0n) is 8.92. The molecule has 1 unspecified atom stereocenters. The van der Waals surface area contributed by atoms with E-state index in [-0.39, 0.29) is 11.9 Å². The smallest absolute Gasteiger partial charge is 0.126 e. The Morgan fingerprint density at radius 2 is 2.25 bits per heavy atom. The first-order valence-corrected chi connectivity index (χ1v) is 6.26. The fourth-order valence-corrected chi connectivity index (χ4v) is 2.46. The molecule has 1 aromatic rings. The van der Waals surface area contributed by atoms with E-state index in [4.69, 9.17) is 0 Å². The van der Waals surface area contributed by atoms with Crippen molar-refractivity contribution >= 4 is 15.9 Å². The van der Waals surface area contributed by atoms with Gasteiger partial charge < -0.3 is 5.11 Å². The Bertz CT molecular complexity index is 414. The molecular formula is C13H14BrFO. The van der Waals surface area contributed by atoms with Gasteiger partial charge in [0.1, 0.15) is 5.82 Å². The standard InChI is InChI=1S/C13H14BrFO/c14-11-4-5-13(15)10(8-11)6-9-2-1-3-12(16)7-9/h4-5,7-8,12,16H,1-3,6H2. The maximum Gasteiger partial charge on any atom is 0.126 e. The van der Waals surface area contributed by atoms with E-state index in [1.54, 1.807) is 12.1 Å². The molecule has 1 atom stereocenters. The van der Waals surface area contributed by atoms with Crippen LogP contribution in [0.5, 0.6) is 0 Å². The summed E-state index contributed by atoms with van der Waals surface area (Å²) >= 11 is 3.34. The molecule has 0 aliphatic heterocycles. The van der Waals surface area contributed by atoms with E-state index in [1.165, 1.54) is 6.07 Å². The van der Waals surface area contributed by atoms with Crippen molar-refractivity contribution in [3.05, 3.63) is 45.7 Å². The molecule has 16 heavy (non-hydrogen) atoms. The second-order valence-electron chi connectivity index (χ2n) is 4.20. The topological polar surface area (TPSA) is 20.2 Å². The third-order valence-corrected chi connectivity index (χ3v) is 3.34. The van der Waals surface area contributed by atoms with E-state index in [2.05, 4.69) is 15.9 Å². The first kappa shape index (κ1) is 11.8. The third kappa shape index (κ3) is 2.92. The van der Waals surface area contributed by atoms with Gasteiger partial charge in [0.15, 0.2) is 0 Å². The van der Waals surface area contributed by atoms with E-state index < -0.39 is 0 Å². The van der Waals surface area contributed by atoms with Crippen LogP contribution >= 0.6 is 15.9 Å². The normalized spacial score (nSPS) is 20.7. The summed E-state index contributed by atoms with van der Waals surface area (Å²) in [7, 11) is 0. The number of hydrogen-bond acceptors (Lipinski definition) is 1. The number of aliphatic hydroxyl groups excluding tert-OH is 1. The predicted molar refractivity (Wildman–Crippen MR) is 65.7 cm³/mol. The molecule has 0 aromatic heterocycles. The summed E-state index contributed by atoms with van der Waals surface area (Å²) in [6.07, 6.45) is 4.89. The van der Waals surface area contributed by atoms with Crippen LogP contribution in [0.2, 0.25) is 0 Å². The second kappa shape index (κ2) is 5.11. The molecule has 3 heteroatoms. The van der Waals surface area contributed by atoms with Crippen molar-refractivity contribution in [2.75, 3.05) is 0 Å². The summed E-state index contributed by atoms with van der Waals surface area (Å²) in [5, 5.41) is 9.50. The van der Waals surface area contributed by atoms with E-state index in [0.717, 1.165) is 29.3 Å². The predicted octanol–water partition coefficient (Wildman–Crippen LogP) is 3.60. The highest BCUT2D eigenvalue weighted by atomic mass is 79.9. The maximum absolute atomic E-state index is 13.5. The van der Waals surface area contributed by atoms with E-state index in [0.29, 0.717) is 12.0 Å². The highest BCUT2D eigenvalue weighted by molar-refractivity contribution is 9.10. The van der Waals surface area contributed by atoms with Gasteiger partial charge in [-0.1, -0.05) is 27.6 Å². The molecule has 86 valence electrons. The van der Waals surface area contributed by atoms with Crippen LogP contribution in [0.3, 0.4) is 0 Å². The summed E-state index contributed by atoms with van der Waals surface area (Å²) in [6, 6.07) is 4.97. The van der Waals surface area contributed by atoms with Gasteiger partial charge >= 0.3 is 0 Å². The second-order valence-corrected chi connectivity index (χ2v) is 5.11. The highest BCUT2D eigenvalue weighted by Gasteiger charge is 2.12. The van der Waals surface area contributed by atoms with Crippen molar-refractivity contribution in [2.45, 2.75) is 31.8 Å². The molecule has 1 N–H and O–H groups in total. The lowest BCUT2D eigenvalue weighted by Gasteiger charge is -2.17. The molecule has 0 amide bonds. The molecule has 1 nitrogen and oxygen atoms in total. The molecular weight excluding hydrogens is 271 g/mol. The Kier molecular flexibility index (Phi) is 3.77.